The van der Waals surface area contributed by atoms with Gasteiger partial charge in [-0.15, -0.1) is 0 Å². The summed E-state index contributed by atoms with van der Waals surface area (Å²) in [6, 6.07) is 14.5. The normalized spacial score (nSPS) is 10.8. The van der Waals surface area contributed by atoms with Gasteiger partial charge in [-0.3, -0.25) is 14.0 Å². The summed E-state index contributed by atoms with van der Waals surface area (Å²) >= 11 is 5.75. The van der Waals surface area contributed by atoms with Crippen LogP contribution < -0.4 is 11.1 Å². The Hall–Kier alpha value is -3.78. The number of primary amides is 1. The Morgan fingerprint density at radius 3 is 2.55 bits per heavy atom. The van der Waals surface area contributed by atoms with E-state index in [0.29, 0.717) is 5.69 Å². The molecule has 0 aliphatic carbocycles. The number of halogens is 2. The molecule has 2 aromatic carbocycles. The Bertz CT molecular complexity index is 1260. The summed E-state index contributed by atoms with van der Waals surface area (Å²) in [7, 11) is 0. The average molecular weight is 410 g/mol. The van der Waals surface area contributed by atoms with Crippen LogP contribution in [0.3, 0.4) is 0 Å². The number of carbonyl (C=O) groups excluding carboxylic acids is 2. The van der Waals surface area contributed by atoms with Gasteiger partial charge in [0.15, 0.2) is 11.3 Å². The van der Waals surface area contributed by atoms with Crippen molar-refractivity contribution in [3.05, 3.63) is 83.2 Å². The van der Waals surface area contributed by atoms with Gasteiger partial charge in [0, 0.05) is 10.6 Å². The van der Waals surface area contributed by atoms with Gasteiger partial charge in [0.2, 0.25) is 0 Å². The Morgan fingerprint density at radius 2 is 1.86 bits per heavy atom. The molecule has 2 amide bonds. The minimum Gasteiger partial charge on any atom is -0.364 e. The van der Waals surface area contributed by atoms with Crippen LogP contribution in [0.4, 0.5) is 10.1 Å². The van der Waals surface area contributed by atoms with E-state index in [4.69, 9.17) is 17.3 Å². The SMILES string of the molecule is NC(=O)c1ncn2c(C(=O)Nc3ccc(Cl)cc3F)cc(-c3ccccc3)nc12. The maximum absolute atomic E-state index is 14.1. The zero-order valence-electron chi connectivity index (χ0n) is 14.8. The number of anilines is 1. The van der Waals surface area contributed by atoms with Gasteiger partial charge in [0.1, 0.15) is 17.8 Å². The number of rotatable bonds is 4. The molecule has 4 rings (SSSR count). The number of aromatic nitrogens is 3. The zero-order valence-corrected chi connectivity index (χ0v) is 15.5. The molecule has 9 heteroatoms. The maximum Gasteiger partial charge on any atom is 0.272 e. The van der Waals surface area contributed by atoms with Gasteiger partial charge in [0.05, 0.1) is 11.4 Å². The number of imidazole rings is 1. The second kappa shape index (κ2) is 7.33. The first-order valence-corrected chi connectivity index (χ1v) is 8.81. The number of nitrogens with zero attached hydrogens (tertiary/aromatic N) is 3. The van der Waals surface area contributed by atoms with E-state index >= 15 is 0 Å². The Morgan fingerprint density at radius 1 is 1.10 bits per heavy atom. The van der Waals surface area contributed by atoms with Crippen LogP contribution in [0.2, 0.25) is 5.02 Å². The number of fused-ring (bicyclic) bond motifs is 1. The minimum atomic E-state index is -0.777. The van der Waals surface area contributed by atoms with Gasteiger partial charge in [-0.05, 0) is 24.3 Å². The number of carbonyl (C=O) groups is 2. The van der Waals surface area contributed by atoms with E-state index in [1.807, 2.05) is 18.2 Å². The summed E-state index contributed by atoms with van der Waals surface area (Å²) in [6.07, 6.45) is 1.27. The van der Waals surface area contributed by atoms with Crippen LogP contribution in [-0.4, -0.2) is 26.2 Å². The van der Waals surface area contributed by atoms with E-state index in [2.05, 4.69) is 15.3 Å². The van der Waals surface area contributed by atoms with Crippen LogP contribution >= 0.6 is 11.6 Å². The standard InChI is InChI=1S/C20H13ClFN5O2/c21-12-6-7-14(13(22)8-12)26-20(29)16-9-15(11-4-2-1-3-5-11)25-19-17(18(23)28)24-10-27(16)19/h1-10H,(H2,23,28)(H,26,29). The van der Waals surface area contributed by atoms with Gasteiger partial charge in [0.25, 0.3) is 11.8 Å². The molecule has 4 aromatic rings. The summed E-state index contributed by atoms with van der Waals surface area (Å²) in [5, 5.41) is 2.71. The number of hydrogen-bond donors (Lipinski definition) is 2. The second-order valence-corrected chi connectivity index (χ2v) is 6.56. The lowest BCUT2D eigenvalue weighted by Crippen LogP contribution is -2.18. The Kier molecular flexibility index (Phi) is 4.69. The van der Waals surface area contributed by atoms with Crippen molar-refractivity contribution in [2.24, 2.45) is 5.73 Å². The lowest BCUT2D eigenvalue weighted by molar-refractivity contribution is 0.0993. The molecule has 0 fully saturated rings. The molecule has 0 radical (unpaired) electrons. The van der Waals surface area contributed by atoms with Crippen molar-refractivity contribution >= 4 is 34.7 Å². The molecule has 0 saturated heterocycles. The average Bonchev–Trinajstić information content (AvgIpc) is 3.14. The highest BCUT2D eigenvalue weighted by molar-refractivity contribution is 6.30. The zero-order chi connectivity index (χ0) is 20.5. The number of amides is 2. The van der Waals surface area contributed by atoms with Crippen molar-refractivity contribution in [1.29, 1.82) is 0 Å². The predicted octanol–water partition coefficient (Wildman–Crippen LogP) is 3.54. The molecule has 29 heavy (non-hydrogen) atoms. The third kappa shape index (κ3) is 3.53. The fourth-order valence-corrected chi connectivity index (χ4v) is 3.01. The smallest absolute Gasteiger partial charge is 0.272 e. The highest BCUT2D eigenvalue weighted by Gasteiger charge is 2.20. The molecule has 0 saturated carbocycles. The second-order valence-electron chi connectivity index (χ2n) is 6.12. The number of nitrogens with one attached hydrogen (secondary N) is 1. The molecule has 0 bridgehead atoms. The molecule has 2 aromatic heterocycles. The fraction of sp³-hybridized carbons (Fsp3) is 0. The van der Waals surface area contributed by atoms with E-state index in [-0.39, 0.29) is 27.7 Å². The van der Waals surface area contributed by atoms with Crippen molar-refractivity contribution in [1.82, 2.24) is 14.4 Å². The third-order valence-electron chi connectivity index (χ3n) is 4.22. The Labute approximate surface area is 169 Å². The van der Waals surface area contributed by atoms with E-state index in [1.165, 1.54) is 28.9 Å². The van der Waals surface area contributed by atoms with Gasteiger partial charge in [-0.1, -0.05) is 41.9 Å². The molecule has 0 aliphatic heterocycles. The summed E-state index contributed by atoms with van der Waals surface area (Å²) < 4.78 is 15.4. The van der Waals surface area contributed by atoms with Crippen molar-refractivity contribution < 1.29 is 14.0 Å². The molecule has 0 unspecified atom stereocenters. The van der Waals surface area contributed by atoms with Gasteiger partial charge in [-0.2, -0.15) is 0 Å². The first kappa shape index (κ1) is 18.6. The molecular formula is C20H13ClFN5O2. The Balaban J connectivity index is 1.86. The van der Waals surface area contributed by atoms with Crippen molar-refractivity contribution in [2.75, 3.05) is 5.32 Å². The lowest BCUT2D eigenvalue weighted by Gasteiger charge is -2.11. The van der Waals surface area contributed by atoms with Crippen LogP contribution in [0.1, 0.15) is 21.0 Å². The number of hydrogen-bond acceptors (Lipinski definition) is 4. The van der Waals surface area contributed by atoms with E-state index in [0.717, 1.165) is 11.6 Å². The number of nitrogens with two attached hydrogens (primary N) is 1. The molecule has 144 valence electrons. The third-order valence-corrected chi connectivity index (χ3v) is 4.45. The van der Waals surface area contributed by atoms with Crippen LogP contribution in [-0.2, 0) is 0 Å². The summed E-state index contributed by atoms with van der Waals surface area (Å²) in [4.78, 5) is 33.0. The molecular weight excluding hydrogens is 397 g/mol. The van der Waals surface area contributed by atoms with Gasteiger partial charge in [-0.25, -0.2) is 14.4 Å². The largest absolute Gasteiger partial charge is 0.364 e. The summed E-state index contributed by atoms with van der Waals surface area (Å²) in [6.45, 7) is 0. The first-order valence-electron chi connectivity index (χ1n) is 8.44. The van der Waals surface area contributed by atoms with Crippen LogP contribution in [0, 0.1) is 5.82 Å². The summed E-state index contributed by atoms with van der Waals surface area (Å²) in [5.41, 5.74) is 6.64. The fourth-order valence-electron chi connectivity index (χ4n) is 2.85. The van der Waals surface area contributed by atoms with E-state index in [1.54, 1.807) is 12.1 Å². The molecule has 0 atom stereocenters. The molecule has 3 N–H and O–H groups in total. The quantitative estimate of drug-likeness (QED) is 0.538. The molecule has 0 spiro atoms. The lowest BCUT2D eigenvalue weighted by atomic mass is 10.1. The highest BCUT2D eigenvalue weighted by atomic mass is 35.5. The van der Waals surface area contributed by atoms with Crippen LogP contribution in [0.25, 0.3) is 16.9 Å². The van der Waals surface area contributed by atoms with Crippen molar-refractivity contribution in [3.8, 4) is 11.3 Å². The van der Waals surface area contributed by atoms with Crippen LogP contribution in [0.15, 0.2) is 60.9 Å². The minimum absolute atomic E-state index is 0.0409. The van der Waals surface area contributed by atoms with Gasteiger partial charge >= 0.3 is 0 Å². The first-order chi connectivity index (χ1) is 13.9. The van der Waals surface area contributed by atoms with E-state index < -0.39 is 17.6 Å². The topological polar surface area (TPSA) is 102 Å². The van der Waals surface area contributed by atoms with Crippen LogP contribution in [0.5, 0.6) is 0 Å². The summed E-state index contributed by atoms with van der Waals surface area (Å²) in [5.74, 6) is -2.08. The monoisotopic (exact) mass is 409 g/mol. The molecule has 0 aliphatic rings. The highest BCUT2D eigenvalue weighted by Crippen LogP contribution is 2.23. The molecule has 2 heterocycles. The maximum atomic E-state index is 14.1. The molecule has 7 nitrogen and oxygen atoms in total. The van der Waals surface area contributed by atoms with E-state index in [9.17, 15) is 14.0 Å². The predicted molar refractivity (Wildman–Crippen MR) is 106 cm³/mol. The number of benzene rings is 2. The van der Waals surface area contributed by atoms with Gasteiger partial charge < -0.3 is 11.1 Å². The van der Waals surface area contributed by atoms with Crippen molar-refractivity contribution in [3.63, 3.8) is 0 Å². The van der Waals surface area contributed by atoms with Crippen molar-refractivity contribution in [2.45, 2.75) is 0 Å².